The van der Waals surface area contributed by atoms with Gasteiger partial charge in [0.15, 0.2) is 11.6 Å². The molecule has 2 bridgehead atoms. The number of nitrogens with zero attached hydrogens (tertiary/aromatic N) is 1. The second-order valence-electron chi connectivity index (χ2n) is 5.32. The number of nitriles is 1. The quantitative estimate of drug-likeness (QED) is 0.848. The Morgan fingerprint density at radius 3 is 2.37 bits per heavy atom. The molecule has 2 fully saturated rings. The van der Waals surface area contributed by atoms with Crippen molar-refractivity contribution in [1.82, 2.24) is 0 Å². The van der Waals surface area contributed by atoms with Gasteiger partial charge in [0.2, 0.25) is 0 Å². The molecule has 1 aromatic carbocycles. The van der Waals surface area contributed by atoms with Gasteiger partial charge in [0, 0.05) is 18.4 Å². The third-order valence-electron chi connectivity index (χ3n) is 4.01. The molecular weight excluding hydrogens is 252 g/mol. The van der Waals surface area contributed by atoms with Crippen molar-refractivity contribution in [1.29, 1.82) is 5.26 Å². The monoisotopic (exact) mass is 265 g/mol. The lowest BCUT2D eigenvalue weighted by atomic mass is 9.81. The Morgan fingerprint density at radius 2 is 1.79 bits per heavy atom. The number of ether oxygens (including phenoxy) is 1. The van der Waals surface area contributed by atoms with E-state index in [9.17, 15) is 13.9 Å². The number of rotatable bonds is 1. The van der Waals surface area contributed by atoms with Crippen LogP contribution >= 0.6 is 0 Å². The number of hydrogen-bond donors (Lipinski definition) is 1. The van der Waals surface area contributed by atoms with Crippen LogP contribution in [0.25, 0.3) is 0 Å². The van der Waals surface area contributed by atoms with Crippen molar-refractivity contribution in [3.8, 4) is 6.07 Å². The second kappa shape index (κ2) is 4.26. The van der Waals surface area contributed by atoms with Crippen LogP contribution in [0.2, 0.25) is 0 Å². The lowest BCUT2D eigenvalue weighted by Crippen LogP contribution is -2.39. The van der Waals surface area contributed by atoms with E-state index in [1.54, 1.807) is 0 Å². The molecule has 19 heavy (non-hydrogen) atoms. The van der Waals surface area contributed by atoms with Gasteiger partial charge < -0.3 is 9.84 Å². The Kier molecular flexibility index (Phi) is 2.80. The fourth-order valence-electron chi connectivity index (χ4n) is 3.16. The standard InChI is InChI=1S/C14H13F2NO2/c15-12-3-8(7-17)11(4-13(12)16)14(18)5-9-1-2-10(6-14)19-9/h3-4,9-10,18H,1-2,5-6H2. The Balaban J connectivity index is 2.06. The molecule has 2 aliphatic rings. The summed E-state index contributed by atoms with van der Waals surface area (Å²) in [5, 5.41) is 19.8. The summed E-state index contributed by atoms with van der Waals surface area (Å²) in [4.78, 5) is 0. The zero-order valence-electron chi connectivity index (χ0n) is 10.2. The molecule has 3 rings (SSSR count). The van der Waals surface area contributed by atoms with Crippen LogP contribution in [0.5, 0.6) is 0 Å². The summed E-state index contributed by atoms with van der Waals surface area (Å²) in [6.45, 7) is 0. The Bertz CT molecular complexity index is 555. The van der Waals surface area contributed by atoms with E-state index in [1.165, 1.54) is 0 Å². The first-order valence-electron chi connectivity index (χ1n) is 6.29. The predicted molar refractivity (Wildman–Crippen MR) is 62.1 cm³/mol. The van der Waals surface area contributed by atoms with E-state index in [1.807, 2.05) is 6.07 Å². The normalized spacial score (nSPS) is 33.2. The number of fused-ring (bicyclic) bond motifs is 2. The Labute approximate surface area is 109 Å². The van der Waals surface area contributed by atoms with Gasteiger partial charge in [-0.05, 0) is 25.0 Å². The SMILES string of the molecule is N#Cc1cc(F)c(F)cc1C1(O)CC2CCC(C1)O2. The molecule has 2 saturated heterocycles. The first kappa shape index (κ1) is 12.5. The molecule has 2 atom stereocenters. The molecule has 2 unspecified atom stereocenters. The highest BCUT2D eigenvalue weighted by molar-refractivity contribution is 5.42. The largest absolute Gasteiger partial charge is 0.385 e. The van der Waals surface area contributed by atoms with E-state index in [-0.39, 0.29) is 23.3 Å². The van der Waals surface area contributed by atoms with Crippen LogP contribution in [0.4, 0.5) is 8.78 Å². The van der Waals surface area contributed by atoms with Crippen LogP contribution in [0.3, 0.4) is 0 Å². The molecule has 100 valence electrons. The fourth-order valence-corrected chi connectivity index (χ4v) is 3.16. The van der Waals surface area contributed by atoms with Crippen LogP contribution in [0.1, 0.15) is 36.8 Å². The van der Waals surface area contributed by atoms with Gasteiger partial charge in [-0.3, -0.25) is 0 Å². The fraction of sp³-hybridized carbons (Fsp3) is 0.500. The molecule has 0 saturated carbocycles. The van der Waals surface area contributed by atoms with Gasteiger partial charge in [-0.1, -0.05) is 0 Å². The van der Waals surface area contributed by atoms with E-state index in [2.05, 4.69) is 0 Å². The number of halogens is 2. The van der Waals surface area contributed by atoms with Gasteiger partial charge >= 0.3 is 0 Å². The van der Waals surface area contributed by atoms with E-state index in [0.717, 1.165) is 25.0 Å². The van der Waals surface area contributed by atoms with Gasteiger partial charge in [0.05, 0.1) is 29.4 Å². The molecule has 0 spiro atoms. The minimum Gasteiger partial charge on any atom is -0.385 e. The van der Waals surface area contributed by atoms with Gasteiger partial charge in [0.1, 0.15) is 0 Å². The summed E-state index contributed by atoms with van der Waals surface area (Å²) < 4.78 is 32.2. The number of aliphatic hydroxyl groups is 1. The van der Waals surface area contributed by atoms with Crippen LogP contribution < -0.4 is 0 Å². The van der Waals surface area contributed by atoms with E-state index >= 15 is 0 Å². The van der Waals surface area contributed by atoms with Gasteiger partial charge in [-0.25, -0.2) is 8.78 Å². The van der Waals surface area contributed by atoms with Crippen molar-refractivity contribution in [3.63, 3.8) is 0 Å². The van der Waals surface area contributed by atoms with E-state index < -0.39 is 17.2 Å². The average molecular weight is 265 g/mol. The third kappa shape index (κ3) is 2.01. The smallest absolute Gasteiger partial charge is 0.160 e. The summed E-state index contributed by atoms with van der Waals surface area (Å²) in [6.07, 6.45) is 2.23. The van der Waals surface area contributed by atoms with Crippen molar-refractivity contribution >= 4 is 0 Å². The number of benzene rings is 1. The Morgan fingerprint density at radius 1 is 1.21 bits per heavy atom. The third-order valence-corrected chi connectivity index (χ3v) is 4.01. The topological polar surface area (TPSA) is 53.2 Å². The first-order chi connectivity index (χ1) is 9.01. The zero-order chi connectivity index (χ0) is 13.6. The van der Waals surface area contributed by atoms with Crippen LogP contribution in [0.15, 0.2) is 12.1 Å². The maximum absolute atomic E-state index is 13.4. The maximum atomic E-state index is 13.4. The molecule has 5 heteroatoms. The number of hydrogen-bond acceptors (Lipinski definition) is 3. The molecule has 0 amide bonds. The summed E-state index contributed by atoms with van der Waals surface area (Å²) in [7, 11) is 0. The first-order valence-corrected chi connectivity index (χ1v) is 6.29. The highest BCUT2D eigenvalue weighted by Gasteiger charge is 2.45. The molecule has 1 N–H and O–H groups in total. The Hall–Kier alpha value is -1.51. The molecule has 0 aliphatic carbocycles. The summed E-state index contributed by atoms with van der Waals surface area (Å²) in [5.74, 6) is -2.11. The van der Waals surface area contributed by atoms with E-state index in [4.69, 9.17) is 10.00 Å². The minimum absolute atomic E-state index is 0.0114. The highest BCUT2D eigenvalue weighted by Crippen LogP contribution is 2.45. The minimum atomic E-state index is -1.30. The van der Waals surface area contributed by atoms with Gasteiger partial charge in [-0.2, -0.15) is 5.26 Å². The molecule has 0 radical (unpaired) electrons. The van der Waals surface area contributed by atoms with E-state index in [0.29, 0.717) is 12.8 Å². The zero-order valence-corrected chi connectivity index (χ0v) is 10.2. The van der Waals surface area contributed by atoms with Crippen molar-refractivity contribution in [2.75, 3.05) is 0 Å². The second-order valence-corrected chi connectivity index (χ2v) is 5.32. The highest BCUT2D eigenvalue weighted by atomic mass is 19.2. The molecule has 2 aliphatic heterocycles. The van der Waals surface area contributed by atoms with Gasteiger partial charge in [0.25, 0.3) is 0 Å². The lowest BCUT2D eigenvalue weighted by Gasteiger charge is -2.37. The summed E-state index contributed by atoms with van der Waals surface area (Å²) >= 11 is 0. The summed E-state index contributed by atoms with van der Waals surface area (Å²) in [5.41, 5.74) is -1.14. The maximum Gasteiger partial charge on any atom is 0.160 e. The van der Waals surface area contributed by atoms with Crippen LogP contribution in [0, 0.1) is 23.0 Å². The van der Waals surface area contributed by atoms with Crippen LogP contribution in [-0.4, -0.2) is 17.3 Å². The van der Waals surface area contributed by atoms with Gasteiger partial charge in [-0.15, -0.1) is 0 Å². The summed E-state index contributed by atoms with van der Waals surface area (Å²) in [6, 6.07) is 3.62. The molecule has 2 heterocycles. The van der Waals surface area contributed by atoms with Crippen LogP contribution in [-0.2, 0) is 10.3 Å². The van der Waals surface area contributed by atoms with Crippen molar-refractivity contribution in [3.05, 3.63) is 34.9 Å². The molecule has 3 nitrogen and oxygen atoms in total. The lowest BCUT2D eigenvalue weighted by molar-refractivity contribution is -0.115. The van der Waals surface area contributed by atoms with Crippen molar-refractivity contribution in [2.45, 2.75) is 43.5 Å². The molecule has 1 aromatic rings. The van der Waals surface area contributed by atoms with Crippen molar-refractivity contribution < 1.29 is 18.6 Å². The molecule has 0 aromatic heterocycles. The van der Waals surface area contributed by atoms with Crippen molar-refractivity contribution in [2.24, 2.45) is 0 Å². The average Bonchev–Trinajstić information content (AvgIpc) is 2.72. The molecular formula is C14H13F2NO2. The predicted octanol–water partition coefficient (Wildman–Crippen LogP) is 2.37.